The van der Waals surface area contributed by atoms with Gasteiger partial charge in [0.1, 0.15) is 24.2 Å². The van der Waals surface area contributed by atoms with Crippen molar-refractivity contribution in [1.82, 2.24) is 10.3 Å². The minimum Gasteiger partial charge on any atom is -0.508 e. The fourth-order valence-corrected chi connectivity index (χ4v) is 3.00. The van der Waals surface area contributed by atoms with Gasteiger partial charge < -0.3 is 19.7 Å². The number of hydrogen-bond acceptors (Lipinski definition) is 7. The number of carbonyl (C=O) groups excluding carboxylic acids is 1. The van der Waals surface area contributed by atoms with E-state index in [4.69, 9.17) is 9.47 Å². The summed E-state index contributed by atoms with van der Waals surface area (Å²) >= 11 is 0. The molecule has 1 aliphatic rings. The molecule has 0 aliphatic carbocycles. The van der Waals surface area contributed by atoms with Gasteiger partial charge in [-0.3, -0.25) is 9.69 Å². The van der Waals surface area contributed by atoms with Crippen LogP contribution < -0.4 is 10.2 Å². The summed E-state index contributed by atoms with van der Waals surface area (Å²) in [6.07, 6.45) is -0.594. The molecule has 1 amide bonds. The van der Waals surface area contributed by atoms with Crippen molar-refractivity contribution in [3.63, 3.8) is 0 Å². The topological polar surface area (TPSA) is 104 Å². The number of phenolic OH excluding ortho intramolecular Hbond substituents is 1. The number of benzene rings is 2. The molecular formula is C22H27N3O5. The Hall–Kier alpha value is -2.94. The van der Waals surface area contributed by atoms with Gasteiger partial charge in [-0.1, -0.05) is 0 Å². The normalized spacial score (nSPS) is 16.1. The maximum absolute atomic E-state index is 12.3. The number of β-amino-alcohol motifs (C(OH)–C–C–N with tert-alkyl or cyclic N) is 1. The lowest BCUT2D eigenvalue weighted by atomic mass is 10.1. The van der Waals surface area contributed by atoms with Crippen LogP contribution in [0, 0.1) is 0 Å². The first kappa shape index (κ1) is 21.8. The first-order chi connectivity index (χ1) is 14.5. The number of nitrogens with zero attached hydrogens (tertiary/aromatic N) is 2. The van der Waals surface area contributed by atoms with Crippen molar-refractivity contribution in [2.24, 2.45) is 5.10 Å². The Morgan fingerprint density at radius 2 is 1.77 bits per heavy atom. The molecule has 0 radical (unpaired) electrons. The largest absolute Gasteiger partial charge is 0.508 e. The van der Waals surface area contributed by atoms with E-state index in [1.165, 1.54) is 0 Å². The van der Waals surface area contributed by atoms with E-state index in [1.807, 2.05) is 0 Å². The van der Waals surface area contributed by atoms with Crippen LogP contribution in [0.5, 0.6) is 11.5 Å². The highest BCUT2D eigenvalue weighted by Crippen LogP contribution is 2.13. The van der Waals surface area contributed by atoms with Crippen molar-refractivity contribution in [2.75, 3.05) is 39.5 Å². The van der Waals surface area contributed by atoms with Crippen LogP contribution in [0.15, 0.2) is 53.6 Å². The van der Waals surface area contributed by atoms with Crippen LogP contribution >= 0.6 is 0 Å². The third kappa shape index (κ3) is 6.55. The lowest BCUT2D eigenvalue weighted by molar-refractivity contribution is 0.00465. The molecule has 0 spiro atoms. The van der Waals surface area contributed by atoms with Crippen LogP contribution in [0.1, 0.15) is 22.8 Å². The smallest absolute Gasteiger partial charge is 0.271 e. The highest BCUT2D eigenvalue weighted by molar-refractivity contribution is 6.00. The first-order valence-corrected chi connectivity index (χ1v) is 9.86. The lowest BCUT2D eigenvalue weighted by Crippen LogP contribution is -2.42. The number of nitrogens with one attached hydrogen (secondary N) is 1. The van der Waals surface area contributed by atoms with Crippen molar-refractivity contribution in [3.05, 3.63) is 59.7 Å². The first-order valence-electron chi connectivity index (χ1n) is 9.86. The zero-order valence-electron chi connectivity index (χ0n) is 17.0. The van der Waals surface area contributed by atoms with Crippen LogP contribution in [0.3, 0.4) is 0 Å². The van der Waals surface area contributed by atoms with Gasteiger partial charge in [0, 0.05) is 25.2 Å². The van der Waals surface area contributed by atoms with E-state index in [2.05, 4.69) is 15.4 Å². The van der Waals surface area contributed by atoms with Crippen molar-refractivity contribution in [1.29, 1.82) is 0 Å². The van der Waals surface area contributed by atoms with Crippen molar-refractivity contribution < 1.29 is 24.5 Å². The average Bonchev–Trinajstić information content (AvgIpc) is 2.77. The van der Waals surface area contributed by atoms with Gasteiger partial charge in [0.25, 0.3) is 5.91 Å². The third-order valence-corrected chi connectivity index (χ3v) is 4.74. The number of carbonyl (C=O) groups is 1. The Kier molecular flexibility index (Phi) is 7.78. The third-order valence-electron chi connectivity index (χ3n) is 4.74. The van der Waals surface area contributed by atoms with Crippen LogP contribution in [-0.4, -0.2) is 72.3 Å². The molecule has 160 valence electrons. The van der Waals surface area contributed by atoms with Gasteiger partial charge in [0.2, 0.25) is 0 Å². The number of rotatable bonds is 8. The van der Waals surface area contributed by atoms with E-state index in [1.54, 1.807) is 55.5 Å². The molecule has 0 saturated carbocycles. The Bertz CT molecular complexity index is 846. The number of aliphatic hydroxyl groups excluding tert-OH is 1. The summed E-state index contributed by atoms with van der Waals surface area (Å²) in [6.45, 7) is 5.50. The molecule has 3 rings (SSSR count). The molecule has 0 bridgehead atoms. The quantitative estimate of drug-likeness (QED) is 0.449. The summed E-state index contributed by atoms with van der Waals surface area (Å²) in [5, 5.41) is 23.6. The van der Waals surface area contributed by atoms with E-state index in [0.29, 0.717) is 36.8 Å². The summed E-state index contributed by atoms with van der Waals surface area (Å²) < 4.78 is 10.9. The highest BCUT2D eigenvalue weighted by atomic mass is 16.5. The number of ether oxygens (including phenoxy) is 2. The number of hydrogen-bond donors (Lipinski definition) is 3. The zero-order chi connectivity index (χ0) is 21.3. The molecule has 2 aromatic rings. The fourth-order valence-electron chi connectivity index (χ4n) is 3.00. The van der Waals surface area contributed by atoms with Gasteiger partial charge in [0.15, 0.2) is 0 Å². The average molecular weight is 413 g/mol. The van der Waals surface area contributed by atoms with Crippen molar-refractivity contribution in [3.8, 4) is 11.5 Å². The van der Waals surface area contributed by atoms with Gasteiger partial charge in [-0.2, -0.15) is 5.10 Å². The maximum Gasteiger partial charge on any atom is 0.271 e. The van der Waals surface area contributed by atoms with Crippen molar-refractivity contribution in [2.45, 2.75) is 13.0 Å². The second-order valence-electron chi connectivity index (χ2n) is 7.09. The summed E-state index contributed by atoms with van der Waals surface area (Å²) in [5.41, 5.74) is 4.38. The van der Waals surface area contributed by atoms with E-state index in [9.17, 15) is 15.0 Å². The number of aliphatic hydroxyl groups is 1. The maximum atomic E-state index is 12.3. The molecule has 3 N–H and O–H groups in total. The standard InChI is InChI=1S/C22H27N3O5/c1-16(17-2-6-19(26)7-3-17)23-24-22(28)18-4-8-21(9-5-18)30-15-20(27)14-25-10-12-29-13-11-25/h2-9,20,26-27H,10-15H2,1H3,(H,24,28)/b23-16+. The minimum absolute atomic E-state index is 0.173. The molecule has 0 aromatic heterocycles. The predicted octanol–water partition coefficient (Wildman–Crippen LogP) is 1.62. The molecule has 1 heterocycles. The summed E-state index contributed by atoms with van der Waals surface area (Å²) in [4.78, 5) is 14.4. The molecule has 1 atom stereocenters. The second-order valence-corrected chi connectivity index (χ2v) is 7.09. The van der Waals surface area contributed by atoms with E-state index < -0.39 is 6.10 Å². The number of hydrazone groups is 1. The van der Waals surface area contributed by atoms with Crippen LogP contribution in [0.25, 0.3) is 0 Å². The second kappa shape index (κ2) is 10.7. The van der Waals surface area contributed by atoms with Crippen LogP contribution in [0.4, 0.5) is 0 Å². The molecule has 1 unspecified atom stereocenters. The minimum atomic E-state index is -0.594. The summed E-state index contributed by atoms with van der Waals surface area (Å²) in [7, 11) is 0. The Balaban J connectivity index is 1.46. The number of amides is 1. The molecule has 1 aliphatic heterocycles. The van der Waals surface area contributed by atoms with E-state index in [0.717, 1.165) is 18.7 Å². The zero-order valence-corrected chi connectivity index (χ0v) is 17.0. The number of morpholine rings is 1. The summed E-state index contributed by atoms with van der Waals surface area (Å²) in [6, 6.07) is 13.2. The van der Waals surface area contributed by atoms with Crippen LogP contribution in [0.2, 0.25) is 0 Å². The Labute approximate surface area is 175 Å². The van der Waals surface area contributed by atoms with E-state index in [-0.39, 0.29) is 18.3 Å². The number of phenols is 1. The summed E-state index contributed by atoms with van der Waals surface area (Å²) in [5.74, 6) is 0.412. The Morgan fingerprint density at radius 3 is 2.43 bits per heavy atom. The SMILES string of the molecule is C/C(=N\NC(=O)c1ccc(OCC(O)CN2CCOCC2)cc1)c1ccc(O)cc1. The van der Waals surface area contributed by atoms with Gasteiger partial charge in [-0.05, 0) is 61.0 Å². The number of aromatic hydroxyl groups is 1. The van der Waals surface area contributed by atoms with Gasteiger partial charge >= 0.3 is 0 Å². The van der Waals surface area contributed by atoms with Crippen molar-refractivity contribution >= 4 is 11.6 Å². The van der Waals surface area contributed by atoms with Gasteiger partial charge in [-0.25, -0.2) is 5.43 Å². The van der Waals surface area contributed by atoms with E-state index >= 15 is 0 Å². The van der Waals surface area contributed by atoms with Gasteiger partial charge in [-0.15, -0.1) is 0 Å². The molecular weight excluding hydrogens is 386 g/mol. The highest BCUT2D eigenvalue weighted by Gasteiger charge is 2.15. The fraction of sp³-hybridized carbons (Fsp3) is 0.364. The molecule has 8 nitrogen and oxygen atoms in total. The molecule has 1 fully saturated rings. The lowest BCUT2D eigenvalue weighted by Gasteiger charge is -2.28. The van der Waals surface area contributed by atoms with Gasteiger partial charge in [0.05, 0.1) is 18.9 Å². The molecule has 8 heteroatoms. The monoisotopic (exact) mass is 413 g/mol. The predicted molar refractivity (Wildman–Crippen MR) is 113 cm³/mol. The molecule has 1 saturated heterocycles. The Morgan fingerprint density at radius 1 is 1.13 bits per heavy atom. The van der Waals surface area contributed by atoms with Crippen LogP contribution in [-0.2, 0) is 4.74 Å². The molecule has 30 heavy (non-hydrogen) atoms. The molecule has 2 aromatic carbocycles.